The van der Waals surface area contributed by atoms with Crippen molar-refractivity contribution in [3.8, 4) is 0 Å². The Hall–Kier alpha value is -1.61. The SMILES string of the molecule is O[C@]1(CNc2cc(C(F)(F)F)nc(N3CCCC3)n2)CCCNCC1. The van der Waals surface area contributed by atoms with E-state index in [0.717, 1.165) is 31.9 Å². The molecule has 3 N–H and O–H groups in total. The summed E-state index contributed by atoms with van der Waals surface area (Å²) in [5, 5.41) is 16.8. The zero-order valence-corrected chi connectivity index (χ0v) is 14.1. The van der Waals surface area contributed by atoms with Crippen molar-refractivity contribution in [2.24, 2.45) is 0 Å². The highest BCUT2D eigenvalue weighted by Gasteiger charge is 2.35. The monoisotopic (exact) mass is 359 g/mol. The Labute approximate surface area is 144 Å². The number of alkyl halides is 3. The fourth-order valence-electron chi connectivity index (χ4n) is 3.27. The molecule has 0 radical (unpaired) electrons. The maximum Gasteiger partial charge on any atom is 0.433 e. The van der Waals surface area contributed by atoms with Gasteiger partial charge in [-0.15, -0.1) is 0 Å². The van der Waals surface area contributed by atoms with Gasteiger partial charge in [-0.1, -0.05) is 0 Å². The Morgan fingerprint density at radius 1 is 1.16 bits per heavy atom. The molecule has 1 atom stereocenters. The van der Waals surface area contributed by atoms with Crippen LogP contribution >= 0.6 is 0 Å². The number of nitrogens with zero attached hydrogens (tertiary/aromatic N) is 3. The molecular formula is C16H24F3N5O. The summed E-state index contributed by atoms with van der Waals surface area (Å²) in [6.45, 7) is 3.02. The highest BCUT2D eigenvalue weighted by Crippen LogP contribution is 2.31. The quantitative estimate of drug-likeness (QED) is 0.764. The number of aliphatic hydroxyl groups is 1. The second kappa shape index (κ2) is 7.33. The summed E-state index contributed by atoms with van der Waals surface area (Å²) in [6.07, 6.45) is -0.699. The Morgan fingerprint density at radius 3 is 2.64 bits per heavy atom. The van der Waals surface area contributed by atoms with Crippen LogP contribution in [0.2, 0.25) is 0 Å². The van der Waals surface area contributed by atoms with Crippen LogP contribution in [0, 0.1) is 0 Å². The highest BCUT2D eigenvalue weighted by atomic mass is 19.4. The zero-order chi connectivity index (χ0) is 17.9. The van der Waals surface area contributed by atoms with Crippen LogP contribution in [0.3, 0.4) is 0 Å². The second-order valence-electron chi connectivity index (χ2n) is 6.81. The van der Waals surface area contributed by atoms with Gasteiger partial charge in [-0.2, -0.15) is 18.2 Å². The van der Waals surface area contributed by atoms with Crippen molar-refractivity contribution in [2.75, 3.05) is 42.9 Å². The van der Waals surface area contributed by atoms with Gasteiger partial charge in [0, 0.05) is 25.7 Å². The van der Waals surface area contributed by atoms with E-state index >= 15 is 0 Å². The van der Waals surface area contributed by atoms with Crippen molar-refractivity contribution < 1.29 is 18.3 Å². The number of hydrogen-bond donors (Lipinski definition) is 3. The molecule has 3 heterocycles. The van der Waals surface area contributed by atoms with Crippen molar-refractivity contribution in [2.45, 2.75) is 43.9 Å². The number of hydrogen-bond acceptors (Lipinski definition) is 6. The fourth-order valence-corrected chi connectivity index (χ4v) is 3.27. The Bertz CT molecular complexity index is 582. The second-order valence-corrected chi connectivity index (χ2v) is 6.81. The van der Waals surface area contributed by atoms with Crippen LogP contribution in [0.15, 0.2) is 6.07 Å². The van der Waals surface area contributed by atoms with Crippen LogP contribution in [0.1, 0.15) is 37.8 Å². The minimum Gasteiger partial charge on any atom is -0.388 e. The maximum absolute atomic E-state index is 13.2. The molecule has 9 heteroatoms. The Morgan fingerprint density at radius 2 is 1.92 bits per heavy atom. The molecule has 140 valence electrons. The summed E-state index contributed by atoms with van der Waals surface area (Å²) in [7, 11) is 0. The lowest BCUT2D eigenvalue weighted by molar-refractivity contribution is -0.141. The van der Waals surface area contributed by atoms with Gasteiger partial charge in [0.2, 0.25) is 5.95 Å². The molecule has 2 saturated heterocycles. The Balaban J connectivity index is 1.78. The van der Waals surface area contributed by atoms with Gasteiger partial charge in [0.25, 0.3) is 0 Å². The van der Waals surface area contributed by atoms with Gasteiger partial charge >= 0.3 is 6.18 Å². The zero-order valence-electron chi connectivity index (χ0n) is 14.1. The van der Waals surface area contributed by atoms with Gasteiger partial charge in [0.05, 0.1) is 5.60 Å². The summed E-state index contributed by atoms with van der Waals surface area (Å²) < 4.78 is 39.5. The lowest BCUT2D eigenvalue weighted by Gasteiger charge is -2.27. The van der Waals surface area contributed by atoms with E-state index in [0.29, 0.717) is 32.5 Å². The lowest BCUT2D eigenvalue weighted by atomic mass is 9.95. The fraction of sp³-hybridized carbons (Fsp3) is 0.750. The van der Waals surface area contributed by atoms with Crippen molar-refractivity contribution >= 4 is 11.8 Å². The predicted molar refractivity (Wildman–Crippen MR) is 88.6 cm³/mol. The first-order valence-electron chi connectivity index (χ1n) is 8.74. The first-order valence-corrected chi connectivity index (χ1v) is 8.74. The summed E-state index contributed by atoms with van der Waals surface area (Å²) in [6, 6.07) is 0.915. The van der Waals surface area contributed by atoms with Crippen LogP contribution in [0.5, 0.6) is 0 Å². The van der Waals surface area contributed by atoms with Gasteiger partial charge in [-0.25, -0.2) is 4.98 Å². The van der Waals surface area contributed by atoms with Crippen LogP contribution in [-0.4, -0.2) is 53.4 Å². The van der Waals surface area contributed by atoms with E-state index in [1.165, 1.54) is 0 Å². The van der Waals surface area contributed by atoms with E-state index in [-0.39, 0.29) is 18.3 Å². The van der Waals surface area contributed by atoms with E-state index in [1.54, 1.807) is 4.90 Å². The van der Waals surface area contributed by atoms with Gasteiger partial charge in [0.1, 0.15) is 5.82 Å². The largest absolute Gasteiger partial charge is 0.433 e. The molecule has 0 amide bonds. The number of aromatic nitrogens is 2. The molecule has 2 aliphatic rings. The molecule has 2 fully saturated rings. The third-order valence-electron chi connectivity index (χ3n) is 4.76. The van der Waals surface area contributed by atoms with E-state index < -0.39 is 17.5 Å². The van der Waals surface area contributed by atoms with Crippen molar-refractivity contribution in [3.63, 3.8) is 0 Å². The molecule has 0 aromatic carbocycles. The summed E-state index contributed by atoms with van der Waals surface area (Å²) in [4.78, 5) is 9.70. The first kappa shape index (κ1) is 18.2. The molecule has 1 aromatic rings. The topological polar surface area (TPSA) is 73.3 Å². The standard InChI is InChI=1S/C16H24F3N5O/c17-16(18,19)12-10-13(23-14(22-12)24-8-1-2-9-24)21-11-15(25)4-3-6-20-7-5-15/h10,20,25H,1-9,11H2,(H,21,22,23)/t15-/m1/s1. The van der Waals surface area contributed by atoms with Crippen LogP contribution in [-0.2, 0) is 6.18 Å². The Kier molecular flexibility index (Phi) is 5.33. The molecule has 2 aliphatic heterocycles. The van der Waals surface area contributed by atoms with Crippen LogP contribution < -0.4 is 15.5 Å². The summed E-state index contributed by atoms with van der Waals surface area (Å²) >= 11 is 0. The highest BCUT2D eigenvalue weighted by molar-refractivity contribution is 5.45. The number of anilines is 2. The molecule has 0 spiro atoms. The molecule has 0 aliphatic carbocycles. The molecule has 25 heavy (non-hydrogen) atoms. The summed E-state index contributed by atoms with van der Waals surface area (Å²) in [5.41, 5.74) is -1.90. The van der Waals surface area contributed by atoms with Crippen molar-refractivity contribution in [3.05, 3.63) is 11.8 Å². The number of halogens is 3. The third-order valence-corrected chi connectivity index (χ3v) is 4.76. The van der Waals surface area contributed by atoms with E-state index in [9.17, 15) is 18.3 Å². The smallest absolute Gasteiger partial charge is 0.388 e. The normalized spacial score (nSPS) is 25.0. The van der Waals surface area contributed by atoms with Gasteiger partial charge in [0.15, 0.2) is 5.69 Å². The molecule has 3 rings (SSSR count). The van der Waals surface area contributed by atoms with Crippen molar-refractivity contribution in [1.82, 2.24) is 15.3 Å². The third kappa shape index (κ3) is 4.72. The number of rotatable bonds is 4. The van der Waals surface area contributed by atoms with E-state index in [1.807, 2.05) is 0 Å². The molecule has 1 aromatic heterocycles. The minimum absolute atomic E-state index is 0.101. The van der Waals surface area contributed by atoms with Crippen LogP contribution in [0.4, 0.5) is 24.9 Å². The van der Waals surface area contributed by atoms with Gasteiger partial charge < -0.3 is 20.6 Å². The van der Waals surface area contributed by atoms with Crippen LogP contribution in [0.25, 0.3) is 0 Å². The van der Waals surface area contributed by atoms with E-state index in [2.05, 4.69) is 20.6 Å². The molecule has 0 unspecified atom stereocenters. The predicted octanol–water partition coefficient (Wildman–Crippen LogP) is 2.01. The van der Waals surface area contributed by atoms with Crippen molar-refractivity contribution in [1.29, 1.82) is 0 Å². The van der Waals surface area contributed by atoms with E-state index in [4.69, 9.17) is 0 Å². The molecular weight excluding hydrogens is 335 g/mol. The number of nitrogens with one attached hydrogen (secondary N) is 2. The van der Waals surface area contributed by atoms with Gasteiger partial charge in [-0.05, 0) is 45.2 Å². The maximum atomic E-state index is 13.2. The summed E-state index contributed by atoms with van der Waals surface area (Å²) in [5.74, 6) is 0.208. The minimum atomic E-state index is -4.53. The first-order chi connectivity index (χ1) is 11.9. The average Bonchev–Trinajstić information content (AvgIpc) is 3.02. The lowest BCUT2D eigenvalue weighted by Crippen LogP contribution is -2.38. The molecule has 6 nitrogen and oxygen atoms in total. The molecule has 0 saturated carbocycles. The van der Waals surface area contributed by atoms with Gasteiger partial charge in [-0.3, -0.25) is 0 Å². The molecule has 0 bridgehead atoms. The average molecular weight is 359 g/mol.